The van der Waals surface area contributed by atoms with E-state index in [1.165, 1.54) is 0 Å². The van der Waals surface area contributed by atoms with Gasteiger partial charge in [0.2, 0.25) is 0 Å². The lowest BCUT2D eigenvalue weighted by atomic mass is 10.1. The SMILES string of the molecule is CCC(CC)N=C(N)c1ccc2cc(-c3ccc(-c4cc5ccc(C(N)=NC(CC)CC)cc5[nH]4)cc3)[nH]c2c1. The van der Waals surface area contributed by atoms with Crippen LogP contribution in [0.5, 0.6) is 0 Å². The summed E-state index contributed by atoms with van der Waals surface area (Å²) in [6, 6.07) is 26.0. The molecule has 0 saturated carbocycles. The second-order valence-corrected chi connectivity index (χ2v) is 10.5. The van der Waals surface area contributed by atoms with E-state index in [9.17, 15) is 0 Å². The van der Waals surface area contributed by atoms with Gasteiger partial charge in [-0.1, -0.05) is 76.2 Å². The van der Waals surface area contributed by atoms with Crippen molar-refractivity contribution in [3.8, 4) is 22.5 Å². The van der Waals surface area contributed by atoms with E-state index in [2.05, 4.69) is 110 Å². The van der Waals surface area contributed by atoms with Gasteiger partial charge in [-0.25, -0.2) is 0 Å². The summed E-state index contributed by atoms with van der Waals surface area (Å²) in [5.74, 6) is 1.20. The lowest BCUT2D eigenvalue weighted by Gasteiger charge is -2.08. The van der Waals surface area contributed by atoms with Crippen LogP contribution in [0.4, 0.5) is 0 Å². The van der Waals surface area contributed by atoms with Crippen molar-refractivity contribution in [2.75, 3.05) is 0 Å². The van der Waals surface area contributed by atoms with Crippen molar-refractivity contribution < 1.29 is 0 Å². The molecular formula is C34H40N6. The molecule has 6 N–H and O–H groups in total. The first-order chi connectivity index (χ1) is 19.4. The Kier molecular flexibility index (Phi) is 8.06. The fraction of sp³-hybridized carbons (Fsp3) is 0.294. The van der Waals surface area contributed by atoms with E-state index in [1.807, 2.05) is 0 Å². The minimum atomic E-state index is 0.263. The van der Waals surface area contributed by atoms with Crippen molar-refractivity contribution in [3.63, 3.8) is 0 Å². The largest absolute Gasteiger partial charge is 0.383 e. The van der Waals surface area contributed by atoms with Gasteiger partial charge in [0.05, 0.1) is 12.1 Å². The maximum Gasteiger partial charge on any atom is 0.125 e. The first-order valence-corrected chi connectivity index (χ1v) is 14.5. The Bertz CT molecular complexity index is 1540. The molecule has 0 aliphatic rings. The molecule has 0 aliphatic carbocycles. The van der Waals surface area contributed by atoms with Gasteiger partial charge < -0.3 is 21.4 Å². The van der Waals surface area contributed by atoms with Crippen LogP contribution in [0.25, 0.3) is 44.3 Å². The number of nitrogens with zero attached hydrogens (tertiary/aromatic N) is 2. The van der Waals surface area contributed by atoms with Crippen LogP contribution in [0.2, 0.25) is 0 Å². The highest BCUT2D eigenvalue weighted by atomic mass is 14.9. The van der Waals surface area contributed by atoms with Gasteiger partial charge in [-0.2, -0.15) is 0 Å². The number of aromatic amines is 2. The molecule has 40 heavy (non-hydrogen) atoms. The highest BCUT2D eigenvalue weighted by molar-refractivity contribution is 6.02. The molecule has 2 aromatic heterocycles. The monoisotopic (exact) mass is 532 g/mol. The molecule has 0 atom stereocenters. The van der Waals surface area contributed by atoms with Gasteiger partial charge in [0.15, 0.2) is 0 Å². The van der Waals surface area contributed by atoms with Crippen LogP contribution in [0.1, 0.15) is 64.5 Å². The average molecular weight is 533 g/mol. The van der Waals surface area contributed by atoms with Crippen LogP contribution < -0.4 is 11.5 Å². The number of amidine groups is 2. The Hall–Kier alpha value is -4.32. The maximum atomic E-state index is 6.33. The molecule has 0 spiro atoms. The molecule has 6 heteroatoms. The molecule has 0 amide bonds. The minimum absolute atomic E-state index is 0.263. The summed E-state index contributed by atoms with van der Waals surface area (Å²) in [7, 11) is 0. The van der Waals surface area contributed by atoms with E-state index in [0.717, 1.165) is 81.1 Å². The lowest BCUT2D eigenvalue weighted by molar-refractivity contribution is 0.631. The van der Waals surface area contributed by atoms with Gasteiger partial charge in [0.1, 0.15) is 11.7 Å². The summed E-state index contributed by atoms with van der Waals surface area (Å²) in [5, 5.41) is 2.30. The highest BCUT2D eigenvalue weighted by Crippen LogP contribution is 2.29. The third-order valence-corrected chi connectivity index (χ3v) is 7.87. The Morgan fingerprint density at radius 2 is 0.950 bits per heavy atom. The zero-order valence-corrected chi connectivity index (χ0v) is 24.0. The Labute approximate surface area is 236 Å². The van der Waals surface area contributed by atoms with E-state index in [0.29, 0.717) is 11.7 Å². The normalized spacial score (nSPS) is 12.8. The van der Waals surface area contributed by atoms with Crippen LogP contribution in [-0.4, -0.2) is 33.7 Å². The van der Waals surface area contributed by atoms with Gasteiger partial charge in [-0.05, 0) is 61.1 Å². The fourth-order valence-corrected chi connectivity index (χ4v) is 5.20. The van der Waals surface area contributed by atoms with E-state index < -0.39 is 0 Å². The standard InChI is InChI=1S/C34H40N6/c1-5-27(6-2)37-33(35)25-15-13-23-17-29(39-31(23)19-25)21-9-11-22(12-10-21)30-18-24-14-16-26(20-32(24)40-30)34(36)38-28(7-3)8-4/h9-20,27-28,39-40H,5-8H2,1-4H3,(H2,35,37)(H2,36,38). The van der Waals surface area contributed by atoms with Crippen molar-refractivity contribution >= 4 is 33.5 Å². The summed E-state index contributed by atoms with van der Waals surface area (Å²) in [6.45, 7) is 8.58. The second kappa shape index (κ2) is 11.8. The van der Waals surface area contributed by atoms with E-state index in [-0.39, 0.29) is 12.1 Å². The third kappa shape index (κ3) is 5.67. The van der Waals surface area contributed by atoms with Crippen molar-refractivity contribution in [1.82, 2.24) is 9.97 Å². The number of hydrogen-bond donors (Lipinski definition) is 4. The lowest BCUT2D eigenvalue weighted by Crippen LogP contribution is -2.17. The summed E-state index contributed by atoms with van der Waals surface area (Å²) in [6.07, 6.45) is 3.96. The number of aliphatic imine (C=N–C) groups is 2. The van der Waals surface area contributed by atoms with E-state index >= 15 is 0 Å². The molecule has 0 fully saturated rings. The molecule has 0 radical (unpaired) electrons. The smallest absolute Gasteiger partial charge is 0.125 e. The number of rotatable bonds is 10. The minimum Gasteiger partial charge on any atom is -0.383 e. The number of aromatic nitrogens is 2. The summed E-state index contributed by atoms with van der Waals surface area (Å²) in [4.78, 5) is 16.5. The van der Waals surface area contributed by atoms with Crippen LogP contribution >= 0.6 is 0 Å². The molecule has 0 unspecified atom stereocenters. The van der Waals surface area contributed by atoms with Crippen LogP contribution in [0.3, 0.4) is 0 Å². The van der Waals surface area contributed by atoms with Crippen LogP contribution in [0, 0.1) is 0 Å². The van der Waals surface area contributed by atoms with Crippen molar-refractivity contribution in [1.29, 1.82) is 0 Å². The Morgan fingerprint density at radius 1 is 0.575 bits per heavy atom. The van der Waals surface area contributed by atoms with E-state index in [1.54, 1.807) is 0 Å². The number of nitrogens with one attached hydrogen (secondary N) is 2. The molecule has 5 aromatic rings. The summed E-state index contributed by atoms with van der Waals surface area (Å²) >= 11 is 0. The topological polar surface area (TPSA) is 108 Å². The molecular weight excluding hydrogens is 492 g/mol. The second-order valence-electron chi connectivity index (χ2n) is 10.5. The van der Waals surface area contributed by atoms with Crippen molar-refractivity contribution in [3.05, 3.63) is 83.9 Å². The molecule has 206 valence electrons. The van der Waals surface area contributed by atoms with Crippen LogP contribution in [-0.2, 0) is 0 Å². The number of hydrogen-bond acceptors (Lipinski definition) is 2. The average Bonchev–Trinajstić information content (AvgIpc) is 3.62. The zero-order valence-electron chi connectivity index (χ0n) is 24.0. The molecule has 6 nitrogen and oxygen atoms in total. The molecule has 0 saturated heterocycles. The molecule has 0 aliphatic heterocycles. The third-order valence-electron chi connectivity index (χ3n) is 7.87. The van der Waals surface area contributed by atoms with E-state index in [4.69, 9.17) is 21.5 Å². The van der Waals surface area contributed by atoms with Gasteiger partial charge >= 0.3 is 0 Å². The molecule has 2 heterocycles. The maximum absolute atomic E-state index is 6.33. The first-order valence-electron chi connectivity index (χ1n) is 14.5. The first kappa shape index (κ1) is 27.3. The zero-order chi connectivity index (χ0) is 28.2. The van der Waals surface area contributed by atoms with Crippen LogP contribution in [0.15, 0.2) is 82.8 Å². The van der Waals surface area contributed by atoms with Crippen molar-refractivity contribution in [2.24, 2.45) is 21.5 Å². The number of benzene rings is 3. The number of H-pyrrole nitrogens is 2. The van der Waals surface area contributed by atoms with Gasteiger partial charge in [-0.15, -0.1) is 0 Å². The Balaban J connectivity index is 1.38. The Morgan fingerprint density at radius 3 is 1.30 bits per heavy atom. The predicted octanol–water partition coefficient (Wildman–Crippen LogP) is 7.77. The molecule has 0 bridgehead atoms. The predicted molar refractivity (Wildman–Crippen MR) is 171 cm³/mol. The fourth-order valence-electron chi connectivity index (χ4n) is 5.20. The van der Waals surface area contributed by atoms with Gasteiger partial charge in [0, 0.05) is 44.3 Å². The number of nitrogens with two attached hydrogens (primary N) is 2. The highest BCUT2D eigenvalue weighted by Gasteiger charge is 2.11. The summed E-state index contributed by atoms with van der Waals surface area (Å²) < 4.78 is 0. The number of fused-ring (bicyclic) bond motifs is 2. The quantitative estimate of drug-likeness (QED) is 0.109. The van der Waals surface area contributed by atoms with Gasteiger partial charge in [-0.3, -0.25) is 9.98 Å². The molecule has 3 aromatic carbocycles. The summed E-state index contributed by atoms with van der Waals surface area (Å²) in [5.41, 5.74) is 21.1. The molecule has 5 rings (SSSR count). The van der Waals surface area contributed by atoms with Gasteiger partial charge in [0.25, 0.3) is 0 Å². The van der Waals surface area contributed by atoms with Crippen molar-refractivity contribution in [2.45, 2.75) is 65.5 Å².